The summed E-state index contributed by atoms with van der Waals surface area (Å²) in [5.41, 5.74) is 11.8. The predicted octanol–water partition coefficient (Wildman–Crippen LogP) is 16.3. The van der Waals surface area contributed by atoms with Gasteiger partial charge in [0, 0.05) is 53.4 Å². The van der Waals surface area contributed by atoms with E-state index in [1.807, 2.05) is 11.3 Å². The molecule has 0 aliphatic heterocycles. The van der Waals surface area contributed by atoms with Crippen molar-refractivity contribution >= 4 is 91.9 Å². The molecular formula is C56H36N2S. The average molecular weight is 769 g/mol. The lowest BCUT2D eigenvalue weighted by atomic mass is 9.94. The first-order valence-corrected chi connectivity index (χ1v) is 21.0. The summed E-state index contributed by atoms with van der Waals surface area (Å²) in [6, 6.07) is 79.9. The summed E-state index contributed by atoms with van der Waals surface area (Å²) < 4.78 is 5.12. The minimum absolute atomic E-state index is 1.12. The van der Waals surface area contributed by atoms with Crippen LogP contribution in [-0.2, 0) is 0 Å². The molecule has 276 valence electrons. The lowest BCUT2D eigenvalue weighted by Gasteiger charge is -2.26. The van der Waals surface area contributed by atoms with Crippen LogP contribution in [-0.4, -0.2) is 4.57 Å². The second-order valence-corrected chi connectivity index (χ2v) is 16.3. The number of fused-ring (bicyclic) bond motifs is 10. The zero-order valence-electron chi connectivity index (χ0n) is 32.1. The van der Waals surface area contributed by atoms with Crippen LogP contribution in [0.15, 0.2) is 218 Å². The van der Waals surface area contributed by atoms with E-state index in [0.717, 1.165) is 22.7 Å². The monoisotopic (exact) mass is 768 g/mol. The fourth-order valence-corrected chi connectivity index (χ4v) is 10.5. The Morgan fingerprint density at radius 2 is 1.02 bits per heavy atom. The van der Waals surface area contributed by atoms with Crippen molar-refractivity contribution < 1.29 is 0 Å². The van der Waals surface area contributed by atoms with Crippen LogP contribution in [0, 0.1) is 0 Å². The van der Waals surface area contributed by atoms with E-state index in [1.54, 1.807) is 0 Å². The predicted molar refractivity (Wildman–Crippen MR) is 254 cm³/mol. The molecule has 0 aliphatic rings. The quantitative estimate of drug-likeness (QED) is 0.164. The molecule has 0 spiro atoms. The topological polar surface area (TPSA) is 8.17 Å². The van der Waals surface area contributed by atoms with E-state index in [9.17, 15) is 0 Å². The molecule has 2 aromatic heterocycles. The molecule has 0 unspecified atom stereocenters. The van der Waals surface area contributed by atoms with Crippen LogP contribution >= 0.6 is 11.3 Å². The van der Waals surface area contributed by atoms with Crippen LogP contribution in [0.5, 0.6) is 0 Å². The molecule has 0 N–H and O–H groups in total. The highest BCUT2D eigenvalue weighted by atomic mass is 32.1. The van der Waals surface area contributed by atoms with Crippen LogP contribution < -0.4 is 4.90 Å². The Bertz CT molecular complexity index is 3540. The van der Waals surface area contributed by atoms with Gasteiger partial charge in [0.05, 0.1) is 16.7 Å². The van der Waals surface area contributed by atoms with Gasteiger partial charge in [0.2, 0.25) is 0 Å². The first-order valence-electron chi connectivity index (χ1n) is 20.2. The van der Waals surface area contributed by atoms with Gasteiger partial charge in [-0.05, 0) is 93.0 Å². The molecule has 0 aliphatic carbocycles. The molecule has 0 atom stereocenters. The Morgan fingerprint density at radius 3 is 1.78 bits per heavy atom. The Morgan fingerprint density at radius 1 is 0.390 bits per heavy atom. The third kappa shape index (κ3) is 5.40. The number of para-hydroxylation sites is 1. The van der Waals surface area contributed by atoms with Gasteiger partial charge in [-0.2, -0.15) is 0 Å². The maximum Gasteiger partial charge on any atom is 0.0620 e. The minimum atomic E-state index is 1.12. The average Bonchev–Trinajstić information content (AvgIpc) is 3.86. The van der Waals surface area contributed by atoms with E-state index in [2.05, 4.69) is 228 Å². The second-order valence-electron chi connectivity index (χ2n) is 15.3. The van der Waals surface area contributed by atoms with Crippen molar-refractivity contribution in [2.45, 2.75) is 0 Å². The fraction of sp³-hybridized carbons (Fsp3) is 0. The summed E-state index contributed by atoms with van der Waals surface area (Å²) in [7, 11) is 0. The number of nitrogens with zero attached hydrogens (tertiary/aromatic N) is 2. The van der Waals surface area contributed by atoms with Crippen LogP contribution in [0.2, 0.25) is 0 Å². The van der Waals surface area contributed by atoms with Gasteiger partial charge in [-0.25, -0.2) is 0 Å². The summed E-state index contributed by atoms with van der Waals surface area (Å²) in [4.78, 5) is 2.45. The van der Waals surface area contributed by atoms with Crippen molar-refractivity contribution in [1.29, 1.82) is 0 Å². The van der Waals surface area contributed by atoms with Crippen LogP contribution in [0.3, 0.4) is 0 Å². The molecule has 2 heterocycles. The van der Waals surface area contributed by atoms with E-state index in [4.69, 9.17) is 0 Å². The van der Waals surface area contributed by atoms with Crippen molar-refractivity contribution in [3.63, 3.8) is 0 Å². The van der Waals surface area contributed by atoms with Gasteiger partial charge in [-0.3, -0.25) is 0 Å². The Kier molecular flexibility index (Phi) is 7.75. The van der Waals surface area contributed by atoms with Crippen LogP contribution in [0.4, 0.5) is 17.1 Å². The minimum Gasteiger partial charge on any atom is -0.310 e. The molecule has 0 saturated heterocycles. The third-order valence-corrected chi connectivity index (χ3v) is 13.2. The van der Waals surface area contributed by atoms with Crippen molar-refractivity contribution in [2.24, 2.45) is 0 Å². The molecule has 0 radical (unpaired) electrons. The van der Waals surface area contributed by atoms with Crippen molar-refractivity contribution in [3.8, 4) is 27.9 Å². The van der Waals surface area contributed by atoms with Crippen molar-refractivity contribution in [3.05, 3.63) is 218 Å². The van der Waals surface area contributed by atoms with Gasteiger partial charge in [-0.15, -0.1) is 11.3 Å². The molecule has 2 nitrogen and oxygen atoms in total. The number of aromatic nitrogens is 1. The van der Waals surface area contributed by atoms with Crippen LogP contribution in [0.25, 0.3) is 91.5 Å². The molecule has 12 rings (SSSR count). The summed E-state index contributed by atoms with van der Waals surface area (Å²) in [6.45, 7) is 0. The number of anilines is 3. The maximum atomic E-state index is 2.48. The first kappa shape index (κ1) is 33.7. The molecule has 12 aromatic rings. The number of benzene rings is 10. The number of hydrogen-bond donors (Lipinski definition) is 0. The molecular weight excluding hydrogens is 733 g/mol. The Balaban J connectivity index is 1.09. The normalized spacial score (nSPS) is 11.7. The summed E-state index contributed by atoms with van der Waals surface area (Å²) in [5.74, 6) is 0. The van der Waals surface area contributed by atoms with E-state index in [-0.39, 0.29) is 0 Å². The molecule has 0 amide bonds. The standard InChI is InChI=1S/C56H36N2S/c1-3-14-37(15-4-1)44-20-11-12-21-45(44)40-26-30-42(31-27-40)58-52-25-13-24-51(54(52)49-34-29-38-16-7-9-22-46(38)55(49)58)57(41-18-5-2-6-19-41)43-32-35-53-50(36-43)48-33-28-39-17-8-10-23-47(39)56(48)59-53/h1-36H. The Hall–Kier alpha value is -7.46. The molecule has 0 fully saturated rings. The SMILES string of the molecule is c1ccc(-c2ccccc2-c2ccc(-n3c4cccc(N(c5ccccc5)c5ccc6sc7c8ccccc8ccc7c6c5)c4c4ccc5ccccc5c43)cc2)cc1. The van der Waals surface area contributed by atoms with Crippen molar-refractivity contribution in [1.82, 2.24) is 4.57 Å². The molecule has 3 heteroatoms. The van der Waals surface area contributed by atoms with Gasteiger partial charge in [0.25, 0.3) is 0 Å². The van der Waals surface area contributed by atoms with E-state index in [0.29, 0.717) is 0 Å². The van der Waals surface area contributed by atoms with Gasteiger partial charge in [0.1, 0.15) is 0 Å². The highest BCUT2D eigenvalue weighted by molar-refractivity contribution is 7.26. The second kappa shape index (κ2) is 13.6. The maximum absolute atomic E-state index is 2.48. The van der Waals surface area contributed by atoms with Gasteiger partial charge < -0.3 is 9.47 Å². The van der Waals surface area contributed by atoms with Gasteiger partial charge in [-0.1, -0.05) is 164 Å². The fourth-order valence-electron chi connectivity index (χ4n) is 9.29. The van der Waals surface area contributed by atoms with Gasteiger partial charge in [0.15, 0.2) is 0 Å². The van der Waals surface area contributed by atoms with Crippen molar-refractivity contribution in [2.75, 3.05) is 4.90 Å². The highest BCUT2D eigenvalue weighted by Gasteiger charge is 2.23. The largest absolute Gasteiger partial charge is 0.310 e. The number of thiophene rings is 1. The van der Waals surface area contributed by atoms with Gasteiger partial charge >= 0.3 is 0 Å². The molecule has 10 aromatic carbocycles. The lowest BCUT2D eigenvalue weighted by Crippen LogP contribution is -2.10. The number of hydrogen-bond acceptors (Lipinski definition) is 2. The zero-order valence-corrected chi connectivity index (χ0v) is 32.9. The Labute approximate surface area is 346 Å². The molecule has 59 heavy (non-hydrogen) atoms. The van der Waals surface area contributed by atoms with E-state index >= 15 is 0 Å². The lowest BCUT2D eigenvalue weighted by molar-refractivity contribution is 1.18. The third-order valence-electron chi connectivity index (χ3n) is 12.0. The molecule has 0 bridgehead atoms. The van der Waals surface area contributed by atoms with E-state index in [1.165, 1.54) is 85.8 Å². The number of rotatable bonds is 6. The smallest absolute Gasteiger partial charge is 0.0620 e. The van der Waals surface area contributed by atoms with E-state index < -0.39 is 0 Å². The summed E-state index contributed by atoms with van der Waals surface area (Å²) in [6.07, 6.45) is 0. The van der Waals surface area contributed by atoms with Crippen LogP contribution in [0.1, 0.15) is 0 Å². The zero-order chi connectivity index (χ0) is 38.9. The first-order chi connectivity index (χ1) is 29.3. The summed E-state index contributed by atoms with van der Waals surface area (Å²) >= 11 is 1.89. The molecule has 0 saturated carbocycles. The highest BCUT2D eigenvalue weighted by Crippen LogP contribution is 2.47. The summed E-state index contributed by atoms with van der Waals surface area (Å²) in [5, 5.41) is 10.1.